The third-order valence-electron chi connectivity index (χ3n) is 4.13. The van der Waals surface area contributed by atoms with Crippen LogP contribution in [-0.4, -0.2) is 18.4 Å². The molecule has 170 valence electrons. The highest BCUT2D eigenvalue weighted by atomic mass is 19.3. The second-order valence-electron chi connectivity index (χ2n) is 6.42. The maximum absolute atomic E-state index is 12.4. The van der Waals surface area contributed by atoms with E-state index in [4.69, 9.17) is 4.74 Å². The first-order valence-electron chi connectivity index (χ1n) is 9.74. The fourth-order valence-corrected chi connectivity index (χ4v) is 2.77. The van der Waals surface area contributed by atoms with Gasteiger partial charge in [-0.05, 0) is 46.0 Å². The number of carbonyl (C=O) groups is 2. The van der Waals surface area contributed by atoms with Gasteiger partial charge < -0.3 is 14.5 Å². The number of benzene rings is 2. The molecular formula is C23H22F2O7. The SMILES string of the molecule is O=C1/C=C/CC/C=C/CCOC(=O)c2c(cc(OOF)cc2OOF)C1.c1ccccc1. The highest BCUT2D eigenvalue weighted by molar-refractivity contribution is 5.98. The normalized spacial score (nSPS) is 16.3. The van der Waals surface area contributed by atoms with Gasteiger partial charge in [-0.3, -0.25) is 4.79 Å². The molecule has 2 aromatic rings. The van der Waals surface area contributed by atoms with Gasteiger partial charge in [-0.25, -0.2) is 4.79 Å². The standard InChI is InChI=1S/C17H16F2O7.C6H6/c18-25-23-14-10-12-9-13(20)7-5-3-1-2-4-6-8-22-17(21)16(12)15(11-14)24-26-19;1-2-4-6-5-3-1/h2,4-5,7,10-11H,1,3,6,8-9H2;1-6H/b4-2+,7-5+;. The summed E-state index contributed by atoms with van der Waals surface area (Å²) in [5.41, 5.74) is -0.171. The summed E-state index contributed by atoms with van der Waals surface area (Å²) in [6, 6.07) is 14.1. The summed E-state index contributed by atoms with van der Waals surface area (Å²) in [4.78, 5) is 33.0. The number of esters is 1. The van der Waals surface area contributed by atoms with Gasteiger partial charge in [0.1, 0.15) is 5.56 Å². The molecule has 7 nitrogen and oxygen atoms in total. The summed E-state index contributed by atoms with van der Waals surface area (Å²) in [5, 5.41) is 6.16. The van der Waals surface area contributed by atoms with E-state index < -0.39 is 11.7 Å². The number of halogens is 2. The lowest BCUT2D eigenvalue weighted by Gasteiger charge is -2.13. The molecule has 1 heterocycles. The van der Waals surface area contributed by atoms with Crippen molar-refractivity contribution in [2.24, 2.45) is 0 Å². The van der Waals surface area contributed by atoms with E-state index >= 15 is 0 Å². The van der Waals surface area contributed by atoms with Crippen LogP contribution in [0, 0.1) is 0 Å². The van der Waals surface area contributed by atoms with Crippen LogP contribution < -0.4 is 9.78 Å². The van der Waals surface area contributed by atoms with E-state index in [1.54, 1.807) is 6.08 Å². The number of rotatable bonds is 4. The number of carbonyl (C=O) groups excluding carboxylic acids is 2. The second-order valence-corrected chi connectivity index (χ2v) is 6.42. The average Bonchev–Trinajstić information content (AvgIpc) is 2.79. The maximum Gasteiger partial charge on any atom is 0.342 e. The number of hydrogen-bond donors (Lipinski definition) is 0. The smallest absolute Gasteiger partial charge is 0.342 e. The van der Waals surface area contributed by atoms with Crippen LogP contribution in [-0.2, 0) is 26.1 Å². The predicted molar refractivity (Wildman–Crippen MR) is 110 cm³/mol. The topological polar surface area (TPSA) is 80.3 Å². The number of ether oxygens (including phenoxy) is 1. The summed E-state index contributed by atoms with van der Waals surface area (Å²) in [7, 11) is 0. The lowest BCUT2D eigenvalue weighted by Crippen LogP contribution is -2.14. The van der Waals surface area contributed by atoms with E-state index in [9.17, 15) is 18.6 Å². The Morgan fingerprint density at radius 1 is 0.781 bits per heavy atom. The minimum absolute atomic E-state index is 0.0684. The van der Waals surface area contributed by atoms with E-state index in [1.807, 2.05) is 48.6 Å². The first kappa shape index (κ1) is 24.7. The van der Waals surface area contributed by atoms with Gasteiger partial charge in [0.15, 0.2) is 17.3 Å². The van der Waals surface area contributed by atoms with Gasteiger partial charge in [0.2, 0.25) is 0 Å². The zero-order valence-electron chi connectivity index (χ0n) is 17.1. The van der Waals surface area contributed by atoms with E-state index in [2.05, 4.69) is 20.0 Å². The van der Waals surface area contributed by atoms with Crippen LogP contribution >= 0.6 is 0 Å². The van der Waals surface area contributed by atoms with Gasteiger partial charge in [0.25, 0.3) is 0 Å². The Balaban J connectivity index is 0.000000520. The molecule has 1 aliphatic rings. The van der Waals surface area contributed by atoms with Gasteiger partial charge in [0, 0.05) is 22.7 Å². The molecule has 0 aromatic heterocycles. The molecule has 1 aliphatic heterocycles. The number of fused-ring (bicyclic) bond motifs is 1. The molecule has 0 saturated carbocycles. The van der Waals surface area contributed by atoms with Gasteiger partial charge in [-0.1, -0.05) is 54.6 Å². The Labute approximate surface area is 183 Å². The van der Waals surface area contributed by atoms with Crippen LogP contribution in [0.1, 0.15) is 35.2 Å². The van der Waals surface area contributed by atoms with Gasteiger partial charge in [-0.15, -0.1) is 0 Å². The van der Waals surface area contributed by atoms with Crippen LogP contribution in [0.25, 0.3) is 0 Å². The average molecular weight is 448 g/mol. The summed E-state index contributed by atoms with van der Waals surface area (Å²) in [6.07, 6.45) is 8.44. The lowest BCUT2D eigenvalue weighted by molar-refractivity contribution is -0.371. The van der Waals surface area contributed by atoms with Crippen molar-refractivity contribution in [1.82, 2.24) is 0 Å². The molecule has 0 N–H and O–H groups in total. The summed E-state index contributed by atoms with van der Waals surface area (Å²) >= 11 is 0. The Bertz CT molecular complexity index is 887. The van der Waals surface area contributed by atoms with Crippen LogP contribution in [0.15, 0.2) is 72.8 Å². The summed E-state index contributed by atoms with van der Waals surface area (Å²) in [5.74, 6) is -1.93. The van der Waals surface area contributed by atoms with E-state index in [1.165, 1.54) is 12.1 Å². The van der Waals surface area contributed by atoms with Crippen molar-refractivity contribution in [3.8, 4) is 11.5 Å². The first-order chi connectivity index (χ1) is 15.7. The molecule has 0 fully saturated rings. The van der Waals surface area contributed by atoms with Crippen molar-refractivity contribution in [2.75, 3.05) is 6.61 Å². The molecule has 32 heavy (non-hydrogen) atoms. The highest BCUT2D eigenvalue weighted by Gasteiger charge is 2.24. The van der Waals surface area contributed by atoms with Crippen molar-refractivity contribution in [3.63, 3.8) is 0 Å². The number of ketones is 1. The molecule has 9 heteroatoms. The number of hydrogen-bond acceptors (Lipinski definition) is 7. The van der Waals surface area contributed by atoms with Crippen molar-refractivity contribution in [3.05, 3.63) is 84.0 Å². The van der Waals surface area contributed by atoms with Crippen LogP contribution in [0.3, 0.4) is 0 Å². The van der Waals surface area contributed by atoms with E-state index in [0.717, 1.165) is 12.5 Å². The van der Waals surface area contributed by atoms with Gasteiger partial charge in [0.05, 0.1) is 6.61 Å². The van der Waals surface area contributed by atoms with Crippen molar-refractivity contribution in [1.29, 1.82) is 0 Å². The molecule has 0 bridgehead atoms. The Kier molecular flexibility index (Phi) is 11.2. The fraction of sp³-hybridized carbons (Fsp3) is 0.217. The monoisotopic (exact) mass is 448 g/mol. The summed E-state index contributed by atoms with van der Waals surface area (Å²) < 4.78 is 29.3. The van der Waals surface area contributed by atoms with Crippen molar-refractivity contribution >= 4 is 11.8 Å². The van der Waals surface area contributed by atoms with Crippen molar-refractivity contribution in [2.45, 2.75) is 25.7 Å². The van der Waals surface area contributed by atoms with Gasteiger partial charge >= 0.3 is 5.97 Å². The minimum Gasteiger partial charge on any atom is -0.462 e. The molecule has 0 saturated heterocycles. The lowest BCUT2D eigenvalue weighted by atomic mass is 10.00. The largest absolute Gasteiger partial charge is 0.462 e. The fourth-order valence-electron chi connectivity index (χ4n) is 2.77. The zero-order chi connectivity index (χ0) is 23.0. The van der Waals surface area contributed by atoms with E-state index in [0.29, 0.717) is 12.8 Å². The molecule has 3 rings (SSSR count). The molecule has 0 spiro atoms. The third-order valence-corrected chi connectivity index (χ3v) is 4.13. The molecular weight excluding hydrogens is 426 g/mol. The first-order valence-corrected chi connectivity index (χ1v) is 9.74. The molecule has 0 radical (unpaired) electrons. The van der Waals surface area contributed by atoms with E-state index in [-0.39, 0.29) is 35.7 Å². The maximum atomic E-state index is 12.4. The van der Waals surface area contributed by atoms with Crippen LogP contribution in [0.4, 0.5) is 9.05 Å². The molecule has 2 aromatic carbocycles. The van der Waals surface area contributed by atoms with Crippen LogP contribution in [0.2, 0.25) is 0 Å². The van der Waals surface area contributed by atoms with Gasteiger partial charge in [-0.2, -0.15) is 0 Å². The minimum atomic E-state index is -0.859. The molecule has 0 unspecified atom stereocenters. The molecule has 0 aliphatic carbocycles. The predicted octanol–water partition coefficient (Wildman–Crippen LogP) is 5.33. The molecule has 0 amide bonds. The Morgan fingerprint density at radius 2 is 1.41 bits per heavy atom. The second kappa shape index (κ2) is 14.4. The van der Waals surface area contributed by atoms with Crippen molar-refractivity contribution < 1.29 is 43.3 Å². The number of allylic oxidation sites excluding steroid dienone is 3. The Hall–Kier alpha value is -3.56. The Morgan fingerprint density at radius 3 is 2.06 bits per heavy atom. The third kappa shape index (κ3) is 8.66. The highest BCUT2D eigenvalue weighted by Crippen LogP contribution is 2.31. The zero-order valence-corrected chi connectivity index (χ0v) is 17.1. The summed E-state index contributed by atoms with van der Waals surface area (Å²) in [6.45, 7) is 0.0698. The van der Waals surface area contributed by atoms with Crippen LogP contribution in [0.5, 0.6) is 11.5 Å². The number of cyclic esters (lactones) is 1. The molecule has 0 atom stereocenters. The quantitative estimate of drug-likeness (QED) is 0.271.